The predicted octanol–water partition coefficient (Wildman–Crippen LogP) is 2.61. The normalized spacial score (nSPS) is 16.3. The number of primary sulfonamides is 1. The Morgan fingerprint density at radius 3 is 2.17 bits per heavy atom. The van der Waals surface area contributed by atoms with Gasteiger partial charge in [-0.15, -0.1) is 0 Å². The number of rotatable bonds is 7. The highest BCUT2D eigenvalue weighted by Crippen LogP contribution is 2.21. The molecule has 1 aliphatic rings. The highest BCUT2D eigenvalue weighted by atomic mass is 32.2. The van der Waals surface area contributed by atoms with Crippen molar-refractivity contribution in [1.29, 1.82) is 0 Å². The zero-order valence-corrected chi connectivity index (χ0v) is 18.4. The lowest BCUT2D eigenvalue weighted by atomic mass is 9.99. The molecule has 8 heteroatoms. The Hall–Kier alpha value is -2.42. The fourth-order valence-electron chi connectivity index (χ4n) is 3.55. The van der Waals surface area contributed by atoms with E-state index < -0.39 is 10.0 Å². The first kappa shape index (κ1) is 22.3. The van der Waals surface area contributed by atoms with Crippen molar-refractivity contribution in [2.75, 3.05) is 42.9 Å². The molecule has 0 aromatic heterocycles. The highest BCUT2D eigenvalue weighted by molar-refractivity contribution is 7.89. The van der Waals surface area contributed by atoms with Crippen LogP contribution in [0.1, 0.15) is 31.7 Å². The van der Waals surface area contributed by atoms with Crippen LogP contribution in [0.2, 0.25) is 0 Å². The molecular weight excluding hydrogens is 400 g/mol. The smallest absolute Gasteiger partial charge is 0.238 e. The minimum atomic E-state index is -3.68. The van der Waals surface area contributed by atoms with Gasteiger partial charge in [0.2, 0.25) is 15.9 Å². The zero-order chi connectivity index (χ0) is 21.7. The van der Waals surface area contributed by atoms with Crippen LogP contribution in [0.3, 0.4) is 0 Å². The molecule has 2 aromatic rings. The summed E-state index contributed by atoms with van der Waals surface area (Å²) in [4.78, 5) is 16.8. The lowest BCUT2D eigenvalue weighted by Crippen LogP contribution is -2.48. The largest absolute Gasteiger partial charge is 0.369 e. The van der Waals surface area contributed by atoms with Crippen molar-refractivity contribution < 1.29 is 13.2 Å². The van der Waals surface area contributed by atoms with Crippen LogP contribution in [0.25, 0.3) is 0 Å². The standard InChI is InChI=1S/C22H30N4O3S/c1-3-17(2)18-4-6-19(7-5-18)24-22(27)16-25-12-14-26(15-13-25)20-8-10-21(11-9-20)30(23,28)29/h4-11,17H,3,12-16H2,1-2H3,(H,24,27)(H2,23,28,29). The zero-order valence-electron chi connectivity index (χ0n) is 17.5. The molecule has 1 unspecified atom stereocenters. The first-order valence-corrected chi connectivity index (χ1v) is 11.8. The number of amides is 1. The van der Waals surface area contributed by atoms with Crippen molar-refractivity contribution in [3.05, 3.63) is 54.1 Å². The van der Waals surface area contributed by atoms with Gasteiger partial charge in [-0.1, -0.05) is 26.0 Å². The number of piperazine rings is 1. The number of hydrogen-bond acceptors (Lipinski definition) is 5. The molecule has 1 heterocycles. The van der Waals surface area contributed by atoms with E-state index in [2.05, 4.69) is 41.1 Å². The summed E-state index contributed by atoms with van der Waals surface area (Å²) in [6.07, 6.45) is 1.09. The van der Waals surface area contributed by atoms with Crippen molar-refractivity contribution in [1.82, 2.24) is 4.90 Å². The first-order chi connectivity index (χ1) is 14.3. The Labute approximate surface area is 178 Å². The third-order valence-corrected chi connectivity index (χ3v) is 6.57. The van der Waals surface area contributed by atoms with Crippen molar-refractivity contribution >= 4 is 27.3 Å². The first-order valence-electron chi connectivity index (χ1n) is 10.3. The van der Waals surface area contributed by atoms with Gasteiger partial charge in [-0.3, -0.25) is 9.69 Å². The van der Waals surface area contributed by atoms with E-state index in [1.807, 2.05) is 12.1 Å². The van der Waals surface area contributed by atoms with Crippen molar-refractivity contribution in [3.63, 3.8) is 0 Å². The molecule has 1 saturated heterocycles. The highest BCUT2D eigenvalue weighted by Gasteiger charge is 2.20. The molecular formula is C22H30N4O3S. The van der Waals surface area contributed by atoms with Crippen LogP contribution in [-0.2, 0) is 14.8 Å². The molecule has 0 bridgehead atoms. The second-order valence-electron chi connectivity index (χ2n) is 7.78. The Morgan fingerprint density at radius 1 is 1.03 bits per heavy atom. The van der Waals surface area contributed by atoms with Gasteiger partial charge in [-0.05, 0) is 54.3 Å². The molecule has 1 aliphatic heterocycles. The molecule has 0 aliphatic carbocycles. The van der Waals surface area contributed by atoms with E-state index in [4.69, 9.17) is 5.14 Å². The molecule has 1 amide bonds. The van der Waals surface area contributed by atoms with Gasteiger partial charge in [-0.25, -0.2) is 13.6 Å². The Kier molecular flexibility index (Phi) is 7.12. The van der Waals surface area contributed by atoms with E-state index in [1.165, 1.54) is 17.7 Å². The van der Waals surface area contributed by atoms with Gasteiger partial charge < -0.3 is 10.2 Å². The summed E-state index contributed by atoms with van der Waals surface area (Å²) < 4.78 is 22.8. The molecule has 162 valence electrons. The maximum atomic E-state index is 12.4. The average Bonchev–Trinajstić information content (AvgIpc) is 2.73. The minimum Gasteiger partial charge on any atom is -0.369 e. The predicted molar refractivity (Wildman–Crippen MR) is 120 cm³/mol. The number of nitrogens with one attached hydrogen (secondary N) is 1. The number of benzene rings is 2. The van der Waals surface area contributed by atoms with E-state index in [1.54, 1.807) is 12.1 Å². The van der Waals surface area contributed by atoms with Crippen LogP contribution in [0.4, 0.5) is 11.4 Å². The number of nitrogens with two attached hydrogens (primary N) is 1. The number of anilines is 2. The number of carbonyl (C=O) groups is 1. The summed E-state index contributed by atoms with van der Waals surface area (Å²) in [5, 5.41) is 8.12. The molecule has 30 heavy (non-hydrogen) atoms. The quantitative estimate of drug-likeness (QED) is 0.704. The van der Waals surface area contributed by atoms with Crippen LogP contribution < -0.4 is 15.4 Å². The summed E-state index contributed by atoms with van der Waals surface area (Å²) in [6, 6.07) is 14.7. The third kappa shape index (κ3) is 5.81. The van der Waals surface area contributed by atoms with Crippen LogP contribution in [0, 0.1) is 0 Å². The number of nitrogens with zero attached hydrogens (tertiary/aromatic N) is 2. The van der Waals surface area contributed by atoms with Crippen LogP contribution in [0.15, 0.2) is 53.4 Å². The molecule has 3 rings (SSSR count). The van der Waals surface area contributed by atoms with E-state index in [0.29, 0.717) is 12.5 Å². The third-order valence-electron chi connectivity index (χ3n) is 5.65. The molecule has 3 N–H and O–H groups in total. The average molecular weight is 431 g/mol. The Morgan fingerprint density at radius 2 is 1.63 bits per heavy atom. The molecule has 0 saturated carbocycles. The van der Waals surface area contributed by atoms with E-state index >= 15 is 0 Å². The summed E-state index contributed by atoms with van der Waals surface area (Å²) in [6.45, 7) is 7.78. The Bertz CT molecular complexity index is 951. The van der Waals surface area contributed by atoms with Crippen molar-refractivity contribution in [2.45, 2.75) is 31.1 Å². The van der Waals surface area contributed by atoms with E-state index in [9.17, 15) is 13.2 Å². The van der Waals surface area contributed by atoms with Gasteiger partial charge in [0.15, 0.2) is 0 Å². The van der Waals surface area contributed by atoms with Gasteiger partial charge >= 0.3 is 0 Å². The monoisotopic (exact) mass is 430 g/mol. The molecule has 7 nitrogen and oxygen atoms in total. The number of hydrogen-bond donors (Lipinski definition) is 2. The van der Waals surface area contributed by atoms with Gasteiger partial charge in [0.1, 0.15) is 0 Å². The summed E-state index contributed by atoms with van der Waals surface area (Å²) >= 11 is 0. The van der Waals surface area contributed by atoms with Gasteiger partial charge in [-0.2, -0.15) is 0 Å². The molecule has 0 spiro atoms. The summed E-state index contributed by atoms with van der Waals surface area (Å²) in [5.41, 5.74) is 3.05. The van der Waals surface area contributed by atoms with E-state index in [-0.39, 0.29) is 10.8 Å². The fraction of sp³-hybridized carbons (Fsp3) is 0.409. The fourth-order valence-corrected chi connectivity index (χ4v) is 4.06. The van der Waals surface area contributed by atoms with Gasteiger partial charge in [0.25, 0.3) is 0 Å². The lowest BCUT2D eigenvalue weighted by Gasteiger charge is -2.35. The summed E-state index contributed by atoms with van der Waals surface area (Å²) in [5.74, 6) is 0.499. The molecule has 1 fully saturated rings. The molecule has 2 aromatic carbocycles. The maximum Gasteiger partial charge on any atom is 0.238 e. The summed E-state index contributed by atoms with van der Waals surface area (Å²) in [7, 11) is -3.68. The molecule has 1 atom stereocenters. The van der Waals surface area contributed by atoms with E-state index in [0.717, 1.165) is 44.0 Å². The van der Waals surface area contributed by atoms with Crippen molar-refractivity contribution in [2.24, 2.45) is 5.14 Å². The van der Waals surface area contributed by atoms with Crippen molar-refractivity contribution in [3.8, 4) is 0 Å². The lowest BCUT2D eigenvalue weighted by molar-refractivity contribution is -0.117. The SMILES string of the molecule is CCC(C)c1ccc(NC(=O)CN2CCN(c3ccc(S(N)(=O)=O)cc3)CC2)cc1. The number of carbonyl (C=O) groups excluding carboxylic acids is 1. The van der Waals surface area contributed by atoms with Crippen LogP contribution >= 0.6 is 0 Å². The molecule has 0 radical (unpaired) electrons. The topological polar surface area (TPSA) is 95.7 Å². The van der Waals surface area contributed by atoms with Crippen LogP contribution in [-0.4, -0.2) is 51.9 Å². The van der Waals surface area contributed by atoms with Gasteiger partial charge in [0.05, 0.1) is 11.4 Å². The van der Waals surface area contributed by atoms with Crippen LogP contribution in [0.5, 0.6) is 0 Å². The Balaban J connectivity index is 1.48. The maximum absolute atomic E-state index is 12.4. The second-order valence-corrected chi connectivity index (χ2v) is 9.34. The van der Waals surface area contributed by atoms with Gasteiger partial charge in [0, 0.05) is 37.6 Å². The second kappa shape index (κ2) is 9.59. The number of sulfonamides is 1. The minimum absolute atomic E-state index is 0.0164.